The first kappa shape index (κ1) is 10.3. The molecule has 1 aliphatic carbocycles. The van der Waals surface area contributed by atoms with Gasteiger partial charge in [-0.1, -0.05) is 6.08 Å². The maximum absolute atomic E-state index is 10.8. The van der Waals surface area contributed by atoms with E-state index in [1.165, 1.54) is 0 Å². The van der Waals surface area contributed by atoms with Gasteiger partial charge in [-0.05, 0) is 32.1 Å². The monoisotopic (exact) mass is 183 g/mol. The Morgan fingerprint density at radius 2 is 2.38 bits per heavy atom. The van der Waals surface area contributed by atoms with E-state index in [0.29, 0.717) is 5.92 Å². The van der Waals surface area contributed by atoms with Crippen LogP contribution in [0, 0.1) is 5.92 Å². The van der Waals surface area contributed by atoms with E-state index in [1.54, 1.807) is 0 Å². The molecule has 0 aliphatic heterocycles. The molecule has 1 rings (SSSR count). The predicted molar refractivity (Wildman–Crippen MR) is 51.6 cm³/mol. The van der Waals surface area contributed by atoms with Crippen LogP contribution >= 0.6 is 0 Å². The minimum Gasteiger partial charge on any atom is -0.480 e. The van der Waals surface area contributed by atoms with Gasteiger partial charge in [0, 0.05) is 6.04 Å². The predicted octanol–water partition coefficient (Wildman–Crippen LogP) is 1.40. The molecule has 3 heteroatoms. The molecule has 2 unspecified atom stereocenters. The molecular formula is C10H17NO2. The van der Waals surface area contributed by atoms with E-state index in [2.05, 4.69) is 11.9 Å². The van der Waals surface area contributed by atoms with Crippen molar-refractivity contribution in [3.8, 4) is 0 Å². The van der Waals surface area contributed by atoms with Crippen LogP contribution < -0.4 is 5.32 Å². The zero-order valence-electron chi connectivity index (χ0n) is 7.99. The van der Waals surface area contributed by atoms with Crippen molar-refractivity contribution in [1.82, 2.24) is 5.32 Å². The number of rotatable bonds is 6. The molecule has 3 nitrogen and oxygen atoms in total. The molecule has 0 saturated heterocycles. The second kappa shape index (κ2) is 4.42. The molecule has 0 heterocycles. The fourth-order valence-corrected chi connectivity index (χ4v) is 1.46. The summed E-state index contributed by atoms with van der Waals surface area (Å²) in [5.74, 6) is -0.372. The van der Waals surface area contributed by atoms with E-state index in [9.17, 15) is 4.79 Å². The molecule has 13 heavy (non-hydrogen) atoms. The van der Waals surface area contributed by atoms with Gasteiger partial charge in [0.2, 0.25) is 0 Å². The number of hydrogen-bond acceptors (Lipinski definition) is 2. The second-order valence-electron chi connectivity index (χ2n) is 3.75. The molecule has 0 aromatic heterocycles. The van der Waals surface area contributed by atoms with Crippen LogP contribution in [0.1, 0.15) is 26.2 Å². The van der Waals surface area contributed by atoms with E-state index in [1.807, 2.05) is 13.0 Å². The quantitative estimate of drug-likeness (QED) is 0.612. The molecular weight excluding hydrogens is 166 g/mol. The lowest BCUT2D eigenvalue weighted by atomic mass is 10.1. The third-order valence-electron chi connectivity index (χ3n) is 2.34. The summed E-state index contributed by atoms with van der Waals surface area (Å²) in [6.45, 7) is 5.61. The molecule has 1 fully saturated rings. The Kier molecular flexibility index (Phi) is 3.48. The van der Waals surface area contributed by atoms with E-state index < -0.39 is 5.97 Å². The first-order chi connectivity index (χ1) is 6.15. The molecule has 0 amide bonds. The summed E-state index contributed by atoms with van der Waals surface area (Å²) in [7, 11) is 0. The van der Waals surface area contributed by atoms with Crippen LogP contribution in [0.5, 0.6) is 0 Å². The topological polar surface area (TPSA) is 49.3 Å². The van der Waals surface area contributed by atoms with Gasteiger partial charge in [-0.25, -0.2) is 0 Å². The highest BCUT2D eigenvalue weighted by Crippen LogP contribution is 2.33. The molecule has 2 N–H and O–H groups in total. The molecule has 0 spiro atoms. The summed E-state index contributed by atoms with van der Waals surface area (Å²) in [4.78, 5) is 10.8. The number of carboxylic acids is 1. The van der Waals surface area contributed by atoms with Crippen LogP contribution in [0.4, 0.5) is 0 Å². The Morgan fingerprint density at radius 3 is 2.77 bits per heavy atom. The number of carbonyl (C=O) groups is 1. The summed E-state index contributed by atoms with van der Waals surface area (Å²) in [5.41, 5.74) is 0. The van der Waals surface area contributed by atoms with Crippen LogP contribution in [0.15, 0.2) is 12.7 Å². The van der Waals surface area contributed by atoms with E-state index >= 15 is 0 Å². The van der Waals surface area contributed by atoms with Crippen molar-refractivity contribution in [2.45, 2.75) is 38.3 Å². The molecule has 0 bridgehead atoms. The van der Waals surface area contributed by atoms with Gasteiger partial charge in [0.1, 0.15) is 6.04 Å². The Hall–Kier alpha value is -0.830. The average Bonchev–Trinajstić information content (AvgIpc) is 2.82. The molecule has 1 aliphatic rings. The van der Waals surface area contributed by atoms with Crippen molar-refractivity contribution in [3.05, 3.63) is 12.7 Å². The van der Waals surface area contributed by atoms with Crippen molar-refractivity contribution in [1.29, 1.82) is 0 Å². The highest BCUT2D eigenvalue weighted by atomic mass is 16.4. The Balaban J connectivity index is 2.37. The fourth-order valence-electron chi connectivity index (χ4n) is 1.46. The fraction of sp³-hybridized carbons (Fsp3) is 0.700. The maximum atomic E-state index is 10.8. The van der Waals surface area contributed by atoms with Gasteiger partial charge in [-0.15, -0.1) is 6.58 Å². The van der Waals surface area contributed by atoms with Gasteiger partial charge in [-0.2, -0.15) is 0 Å². The minimum atomic E-state index is -0.724. The second-order valence-corrected chi connectivity index (χ2v) is 3.75. The third kappa shape index (κ3) is 3.19. The summed E-state index contributed by atoms with van der Waals surface area (Å²) in [6.07, 6.45) is 4.72. The first-order valence-electron chi connectivity index (χ1n) is 4.75. The Bertz CT molecular complexity index is 199. The van der Waals surface area contributed by atoms with Crippen molar-refractivity contribution >= 4 is 5.97 Å². The van der Waals surface area contributed by atoms with Gasteiger partial charge < -0.3 is 10.4 Å². The summed E-state index contributed by atoms with van der Waals surface area (Å²) >= 11 is 0. The highest BCUT2D eigenvalue weighted by molar-refractivity contribution is 5.74. The molecule has 2 atom stereocenters. The molecule has 74 valence electrons. The molecule has 0 radical (unpaired) electrons. The van der Waals surface area contributed by atoms with Crippen LogP contribution in [0.25, 0.3) is 0 Å². The summed E-state index contributed by atoms with van der Waals surface area (Å²) < 4.78 is 0. The molecule has 0 aromatic carbocycles. The smallest absolute Gasteiger partial charge is 0.320 e. The van der Waals surface area contributed by atoms with Gasteiger partial charge in [0.05, 0.1) is 0 Å². The van der Waals surface area contributed by atoms with Gasteiger partial charge >= 0.3 is 5.97 Å². The van der Waals surface area contributed by atoms with Crippen LogP contribution in [0.3, 0.4) is 0 Å². The number of nitrogens with one attached hydrogen (secondary N) is 1. The lowest BCUT2D eigenvalue weighted by Crippen LogP contribution is -2.43. The SMILES string of the molecule is C=CCC(C)NC(C(=O)O)C1CC1. The zero-order valence-corrected chi connectivity index (χ0v) is 7.99. The Labute approximate surface area is 78.8 Å². The normalized spacial score (nSPS) is 20.7. The van der Waals surface area contributed by atoms with E-state index in [4.69, 9.17) is 5.11 Å². The van der Waals surface area contributed by atoms with Gasteiger partial charge in [-0.3, -0.25) is 4.79 Å². The first-order valence-corrected chi connectivity index (χ1v) is 4.75. The summed E-state index contributed by atoms with van der Waals surface area (Å²) in [6, 6.07) is -0.144. The molecule has 1 saturated carbocycles. The van der Waals surface area contributed by atoms with Gasteiger partial charge in [0.15, 0.2) is 0 Å². The lowest BCUT2D eigenvalue weighted by molar-refractivity contribution is -0.140. The molecule has 0 aromatic rings. The van der Waals surface area contributed by atoms with E-state index in [-0.39, 0.29) is 12.1 Å². The number of aliphatic carboxylic acids is 1. The Morgan fingerprint density at radius 1 is 1.77 bits per heavy atom. The highest BCUT2D eigenvalue weighted by Gasteiger charge is 2.36. The minimum absolute atomic E-state index is 0.208. The zero-order chi connectivity index (χ0) is 9.84. The van der Waals surface area contributed by atoms with Crippen molar-refractivity contribution in [2.75, 3.05) is 0 Å². The average molecular weight is 183 g/mol. The number of carboxylic acid groups (broad SMARTS) is 1. The largest absolute Gasteiger partial charge is 0.480 e. The van der Waals surface area contributed by atoms with Crippen LogP contribution in [-0.4, -0.2) is 23.2 Å². The maximum Gasteiger partial charge on any atom is 0.320 e. The van der Waals surface area contributed by atoms with Crippen molar-refractivity contribution in [2.24, 2.45) is 5.92 Å². The van der Waals surface area contributed by atoms with Crippen LogP contribution in [-0.2, 0) is 4.79 Å². The van der Waals surface area contributed by atoms with Gasteiger partial charge in [0.25, 0.3) is 0 Å². The van der Waals surface area contributed by atoms with Crippen molar-refractivity contribution < 1.29 is 9.90 Å². The van der Waals surface area contributed by atoms with E-state index in [0.717, 1.165) is 19.3 Å². The van der Waals surface area contributed by atoms with Crippen molar-refractivity contribution in [3.63, 3.8) is 0 Å². The lowest BCUT2D eigenvalue weighted by Gasteiger charge is -2.18. The number of hydrogen-bond donors (Lipinski definition) is 2. The van der Waals surface area contributed by atoms with Crippen LogP contribution in [0.2, 0.25) is 0 Å². The third-order valence-corrected chi connectivity index (χ3v) is 2.34. The standard InChI is InChI=1S/C10H17NO2/c1-3-4-7(2)11-9(10(12)13)8-5-6-8/h3,7-9,11H,1,4-6H2,2H3,(H,12,13). The summed E-state index contributed by atoms with van der Waals surface area (Å²) in [5, 5.41) is 12.0.